The van der Waals surface area contributed by atoms with Crippen LogP contribution in [0.2, 0.25) is 0 Å². The predicted octanol–water partition coefficient (Wildman–Crippen LogP) is 13.2. The van der Waals surface area contributed by atoms with Crippen LogP contribution < -0.4 is 4.90 Å². The van der Waals surface area contributed by atoms with Gasteiger partial charge in [-0.2, -0.15) is 0 Å². The minimum atomic E-state index is -0.203. The Hall–Kier alpha value is -5.73. The summed E-state index contributed by atoms with van der Waals surface area (Å²) in [6.07, 6.45) is 0. The molecule has 2 aliphatic rings. The molecular formula is C50H44N2. The maximum Gasteiger partial charge on any atom is 0.0715 e. The summed E-state index contributed by atoms with van der Waals surface area (Å²) >= 11 is 0. The Morgan fingerprint density at radius 3 is 1.33 bits per heavy atom. The van der Waals surface area contributed by atoms with Gasteiger partial charge in [-0.25, -0.2) is 4.98 Å². The molecular weight excluding hydrogens is 629 g/mol. The summed E-state index contributed by atoms with van der Waals surface area (Å²) in [5.41, 5.74) is 18.0. The normalized spacial score (nSPS) is 15.9. The third kappa shape index (κ3) is 4.88. The first-order valence-electron chi connectivity index (χ1n) is 18.5. The average Bonchev–Trinajstić information content (AvgIpc) is 3.18. The molecule has 0 amide bonds. The van der Waals surface area contributed by atoms with E-state index in [-0.39, 0.29) is 16.2 Å². The SMILES string of the molecule is CC1(C)c2ccccc2N(c2ccc3c(c2)C(C)(C)c2ccc(-c4cc(-c5ccccc5)nc(-c5ccccc5)c4)cc2C3(C)C)c2ccccc21. The minimum Gasteiger partial charge on any atom is -0.310 e. The van der Waals surface area contributed by atoms with Crippen molar-refractivity contribution in [3.05, 3.63) is 191 Å². The zero-order valence-electron chi connectivity index (χ0n) is 30.9. The molecule has 0 N–H and O–H groups in total. The molecule has 2 heterocycles. The first kappa shape index (κ1) is 32.2. The van der Waals surface area contributed by atoms with Crippen molar-refractivity contribution < 1.29 is 0 Å². The lowest BCUT2D eigenvalue weighted by Gasteiger charge is -2.46. The van der Waals surface area contributed by atoms with Gasteiger partial charge < -0.3 is 4.90 Å². The second kappa shape index (κ2) is 11.6. The van der Waals surface area contributed by atoms with Crippen molar-refractivity contribution >= 4 is 17.1 Å². The van der Waals surface area contributed by atoms with Crippen molar-refractivity contribution in [2.45, 2.75) is 57.8 Å². The molecule has 2 nitrogen and oxygen atoms in total. The van der Waals surface area contributed by atoms with Crippen LogP contribution in [-0.4, -0.2) is 4.98 Å². The molecule has 9 rings (SSSR count). The van der Waals surface area contributed by atoms with E-state index in [1.807, 2.05) is 0 Å². The van der Waals surface area contributed by atoms with Crippen LogP contribution in [-0.2, 0) is 16.2 Å². The van der Waals surface area contributed by atoms with Gasteiger partial charge in [-0.05, 0) is 87.0 Å². The largest absolute Gasteiger partial charge is 0.310 e. The maximum absolute atomic E-state index is 5.15. The fourth-order valence-electron chi connectivity index (χ4n) is 8.97. The summed E-state index contributed by atoms with van der Waals surface area (Å²) in [4.78, 5) is 7.63. The second-order valence-electron chi connectivity index (χ2n) is 16.1. The van der Waals surface area contributed by atoms with E-state index in [0.717, 1.165) is 22.5 Å². The van der Waals surface area contributed by atoms with E-state index in [4.69, 9.17) is 4.98 Å². The van der Waals surface area contributed by atoms with E-state index in [0.29, 0.717) is 0 Å². The van der Waals surface area contributed by atoms with Gasteiger partial charge >= 0.3 is 0 Å². The summed E-state index contributed by atoms with van der Waals surface area (Å²) in [6, 6.07) is 57.8. The third-order valence-corrected chi connectivity index (χ3v) is 11.9. The summed E-state index contributed by atoms with van der Waals surface area (Å²) in [5.74, 6) is 0. The summed E-state index contributed by atoms with van der Waals surface area (Å²) < 4.78 is 0. The van der Waals surface area contributed by atoms with Gasteiger partial charge in [0.15, 0.2) is 0 Å². The molecule has 0 fully saturated rings. The Balaban J connectivity index is 1.18. The van der Waals surface area contributed by atoms with Crippen LogP contribution in [0.15, 0.2) is 158 Å². The lowest BCUT2D eigenvalue weighted by Crippen LogP contribution is -2.37. The lowest BCUT2D eigenvalue weighted by atomic mass is 9.59. The monoisotopic (exact) mass is 672 g/mol. The van der Waals surface area contributed by atoms with E-state index < -0.39 is 0 Å². The summed E-state index contributed by atoms with van der Waals surface area (Å²) in [6.45, 7) is 14.3. The Morgan fingerprint density at radius 1 is 0.346 bits per heavy atom. The number of anilines is 3. The van der Waals surface area contributed by atoms with Crippen molar-refractivity contribution in [2.24, 2.45) is 0 Å². The van der Waals surface area contributed by atoms with Crippen molar-refractivity contribution in [1.82, 2.24) is 4.98 Å². The molecule has 52 heavy (non-hydrogen) atoms. The van der Waals surface area contributed by atoms with Crippen molar-refractivity contribution in [3.8, 4) is 33.6 Å². The van der Waals surface area contributed by atoms with Gasteiger partial charge in [0.25, 0.3) is 0 Å². The van der Waals surface area contributed by atoms with E-state index in [1.165, 1.54) is 61.6 Å². The first-order chi connectivity index (χ1) is 25.0. The second-order valence-corrected chi connectivity index (χ2v) is 16.1. The lowest BCUT2D eigenvalue weighted by molar-refractivity contribution is 0.521. The highest BCUT2D eigenvalue weighted by Crippen LogP contribution is 2.55. The Bertz CT molecular complexity index is 2380. The highest BCUT2D eigenvalue weighted by atomic mass is 15.2. The molecule has 0 unspecified atom stereocenters. The highest BCUT2D eigenvalue weighted by molar-refractivity contribution is 5.87. The van der Waals surface area contributed by atoms with E-state index >= 15 is 0 Å². The van der Waals surface area contributed by atoms with Gasteiger partial charge in [0, 0.05) is 33.1 Å². The number of para-hydroxylation sites is 2. The Morgan fingerprint density at radius 2 is 0.788 bits per heavy atom. The van der Waals surface area contributed by atoms with Crippen LogP contribution in [0.1, 0.15) is 74.9 Å². The van der Waals surface area contributed by atoms with Crippen LogP contribution >= 0.6 is 0 Å². The van der Waals surface area contributed by atoms with Gasteiger partial charge in [-0.3, -0.25) is 0 Å². The molecule has 254 valence electrons. The molecule has 0 atom stereocenters. The minimum absolute atomic E-state index is 0.0889. The molecule has 1 aliphatic carbocycles. The maximum atomic E-state index is 5.15. The third-order valence-electron chi connectivity index (χ3n) is 11.9. The zero-order chi connectivity index (χ0) is 35.8. The summed E-state index contributed by atoms with van der Waals surface area (Å²) in [7, 11) is 0. The van der Waals surface area contributed by atoms with Gasteiger partial charge in [-0.15, -0.1) is 0 Å². The average molecular weight is 673 g/mol. The number of benzene rings is 6. The molecule has 2 heteroatoms. The van der Waals surface area contributed by atoms with Crippen LogP contribution in [0.5, 0.6) is 0 Å². The number of pyridine rings is 1. The standard InChI is InChI=1S/C50H44N2/c1-48(2)39-28-26-37(52-46-23-15-13-21-40(46)50(5,6)41-22-14-16-24-47(41)52)32-43(39)49(3,4)38-27-25-35(29-42(38)48)36-30-44(33-17-9-7-10-18-33)51-45(31-36)34-19-11-8-12-20-34/h7-32H,1-6H3. The van der Waals surface area contributed by atoms with Crippen LogP contribution in [0.4, 0.5) is 17.1 Å². The molecule has 0 radical (unpaired) electrons. The molecule has 1 aromatic heterocycles. The number of hydrogen-bond acceptors (Lipinski definition) is 2. The molecule has 7 aromatic rings. The molecule has 0 spiro atoms. The Kier molecular flexibility index (Phi) is 7.21. The fourth-order valence-corrected chi connectivity index (χ4v) is 8.97. The van der Waals surface area contributed by atoms with Gasteiger partial charge in [-0.1, -0.05) is 157 Å². The van der Waals surface area contributed by atoms with Crippen LogP contribution in [0.3, 0.4) is 0 Å². The number of nitrogens with zero attached hydrogens (tertiary/aromatic N) is 2. The summed E-state index contributed by atoms with van der Waals surface area (Å²) in [5, 5.41) is 0. The van der Waals surface area contributed by atoms with Gasteiger partial charge in [0.05, 0.1) is 22.8 Å². The molecule has 0 saturated heterocycles. The van der Waals surface area contributed by atoms with E-state index in [2.05, 4.69) is 204 Å². The number of hydrogen-bond donors (Lipinski definition) is 0. The predicted molar refractivity (Wildman–Crippen MR) is 218 cm³/mol. The molecule has 0 saturated carbocycles. The molecule has 6 aromatic carbocycles. The molecule has 0 bridgehead atoms. The quantitative estimate of drug-likeness (QED) is 0.185. The highest BCUT2D eigenvalue weighted by Gasteiger charge is 2.43. The van der Waals surface area contributed by atoms with Gasteiger partial charge in [0.2, 0.25) is 0 Å². The zero-order valence-corrected chi connectivity index (χ0v) is 30.9. The smallest absolute Gasteiger partial charge is 0.0715 e. The van der Waals surface area contributed by atoms with Crippen LogP contribution in [0, 0.1) is 0 Å². The van der Waals surface area contributed by atoms with Crippen molar-refractivity contribution in [3.63, 3.8) is 0 Å². The van der Waals surface area contributed by atoms with Crippen molar-refractivity contribution in [1.29, 1.82) is 0 Å². The van der Waals surface area contributed by atoms with Crippen LogP contribution in [0.25, 0.3) is 33.6 Å². The fraction of sp³-hybridized carbons (Fsp3) is 0.180. The first-order valence-corrected chi connectivity index (χ1v) is 18.5. The Labute approximate surface area is 308 Å². The molecule has 1 aliphatic heterocycles. The van der Waals surface area contributed by atoms with E-state index in [1.54, 1.807) is 0 Å². The number of aromatic nitrogens is 1. The van der Waals surface area contributed by atoms with Crippen molar-refractivity contribution in [2.75, 3.05) is 4.90 Å². The van der Waals surface area contributed by atoms with E-state index in [9.17, 15) is 0 Å². The van der Waals surface area contributed by atoms with Gasteiger partial charge in [0.1, 0.15) is 0 Å². The topological polar surface area (TPSA) is 16.1 Å². The number of rotatable bonds is 4. The number of fused-ring (bicyclic) bond motifs is 4.